The number of alkyl halides is 3. The molecule has 0 saturated carbocycles. The van der Waals surface area contributed by atoms with E-state index in [-0.39, 0.29) is 23.7 Å². The number of halogens is 3. The molecule has 0 aromatic carbocycles. The SMILES string of the molecule is O=C1NC(CCCCCCCCC(F)(F)F)=NC12CCNCC2=S(=O)=O. The number of nitrogens with one attached hydrogen (secondary N) is 2. The van der Waals surface area contributed by atoms with Gasteiger partial charge < -0.3 is 10.6 Å². The molecule has 6 nitrogen and oxygen atoms in total. The molecule has 2 N–H and O–H groups in total. The van der Waals surface area contributed by atoms with Crippen molar-refractivity contribution in [3.05, 3.63) is 0 Å². The van der Waals surface area contributed by atoms with Crippen LogP contribution in [0.15, 0.2) is 4.99 Å². The maximum absolute atomic E-state index is 12.3. The zero-order chi connectivity index (χ0) is 19.2. The molecular formula is C16H24F3N3O3S. The first-order valence-corrected chi connectivity index (χ1v) is 9.95. The molecule has 2 heterocycles. The number of hydrogen-bond acceptors (Lipinski definition) is 5. The number of unbranched alkanes of at least 4 members (excludes halogenated alkanes) is 5. The number of carbonyl (C=O) groups is 1. The molecule has 0 aliphatic carbocycles. The van der Waals surface area contributed by atoms with Gasteiger partial charge in [-0.15, -0.1) is 0 Å². The molecule has 26 heavy (non-hydrogen) atoms. The van der Waals surface area contributed by atoms with Crippen LogP contribution in [0.25, 0.3) is 0 Å². The molecular weight excluding hydrogens is 371 g/mol. The van der Waals surface area contributed by atoms with Crippen LogP contribution in [0.5, 0.6) is 0 Å². The number of nitrogens with zero attached hydrogens (tertiary/aromatic N) is 1. The minimum atomic E-state index is -4.08. The Balaban J connectivity index is 1.75. The second kappa shape index (κ2) is 8.98. The van der Waals surface area contributed by atoms with Gasteiger partial charge in [0, 0.05) is 19.4 Å². The number of amidine groups is 1. The summed E-state index contributed by atoms with van der Waals surface area (Å²) in [5, 5.41) is 5.63. The number of rotatable bonds is 8. The zero-order valence-electron chi connectivity index (χ0n) is 14.5. The highest BCUT2D eigenvalue weighted by atomic mass is 32.2. The van der Waals surface area contributed by atoms with Crippen LogP contribution in [0.1, 0.15) is 57.8 Å². The predicted molar refractivity (Wildman–Crippen MR) is 92.7 cm³/mol. The van der Waals surface area contributed by atoms with Crippen LogP contribution in [-0.2, 0) is 15.1 Å². The lowest BCUT2D eigenvalue weighted by Gasteiger charge is -2.28. The number of piperidine rings is 1. The molecule has 0 bridgehead atoms. The Morgan fingerprint density at radius 1 is 1.08 bits per heavy atom. The summed E-state index contributed by atoms with van der Waals surface area (Å²) in [6, 6.07) is 0. The number of amides is 1. The molecule has 1 spiro atoms. The quantitative estimate of drug-likeness (QED) is 0.486. The van der Waals surface area contributed by atoms with Crippen LogP contribution in [-0.4, -0.2) is 49.8 Å². The highest BCUT2D eigenvalue weighted by Gasteiger charge is 2.49. The molecule has 10 heteroatoms. The molecule has 1 unspecified atom stereocenters. The summed E-state index contributed by atoms with van der Waals surface area (Å²) in [7, 11) is -2.48. The van der Waals surface area contributed by atoms with Crippen LogP contribution >= 0.6 is 0 Å². The van der Waals surface area contributed by atoms with E-state index >= 15 is 0 Å². The van der Waals surface area contributed by atoms with Gasteiger partial charge in [-0.05, 0) is 25.8 Å². The normalized spacial score (nSPS) is 23.3. The lowest BCUT2D eigenvalue weighted by atomic mass is 9.89. The standard InChI is InChI=1S/C16H24F3N3O3S/c17-16(18,19)8-6-4-2-1-3-5-7-13-21-14(23)15(22-13)9-10-20-11-12(15)26(24)25/h20H,1-11H2,(H,21,22,23). The average molecular weight is 395 g/mol. The highest BCUT2D eigenvalue weighted by Crippen LogP contribution is 2.26. The van der Waals surface area contributed by atoms with Crippen molar-refractivity contribution in [2.45, 2.75) is 69.5 Å². The first kappa shape index (κ1) is 20.9. The molecule has 1 amide bonds. The number of carbonyl (C=O) groups excluding carboxylic acids is 1. The Morgan fingerprint density at radius 2 is 1.73 bits per heavy atom. The number of hydrogen-bond donors (Lipinski definition) is 2. The first-order chi connectivity index (χ1) is 12.2. The summed E-state index contributed by atoms with van der Waals surface area (Å²) in [6.07, 6.45) is -0.0860. The Bertz CT molecular complexity index is 681. The maximum atomic E-state index is 12.3. The smallest absolute Gasteiger partial charge is 0.312 e. The lowest BCUT2D eigenvalue weighted by Crippen LogP contribution is -2.55. The van der Waals surface area contributed by atoms with E-state index < -0.39 is 28.4 Å². The zero-order valence-corrected chi connectivity index (χ0v) is 15.3. The van der Waals surface area contributed by atoms with E-state index in [0.717, 1.165) is 25.7 Å². The van der Waals surface area contributed by atoms with Gasteiger partial charge in [-0.1, -0.05) is 25.7 Å². The van der Waals surface area contributed by atoms with E-state index in [1.54, 1.807) is 0 Å². The molecule has 1 atom stereocenters. The van der Waals surface area contributed by atoms with Gasteiger partial charge >= 0.3 is 6.18 Å². The summed E-state index contributed by atoms with van der Waals surface area (Å²) in [4.78, 5) is 16.8. The molecule has 1 saturated heterocycles. The molecule has 2 rings (SSSR count). The molecule has 1 fully saturated rings. The van der Waals surface area contributed by atoms with Gasteiger partial charge in [0.15, 0.2) is 5.54 Å². The van der Waals surface area contributed by atoms with E-state index in [9.17, 15) is 26.4 Å². The maximum Gasteiger partial charge on any atom is 0.389 e. The highest BCUT2D eigenvalue weighted by molar-refractivity contribution is 7.73. The monoisotopic (exact) mass is 395 g/mol. The van der Waals surface area contributed by atoms with Gasteiger partial charge in [0.2, 0.25) is 10.3 Å². The van der Waals surface area contributed by atoms with Crippen LogP contribution in [0.2, 0.25) is 0 Å². The molecule has 0 aromatic rings. The second-order valence-corrected chi connectivity index (χ2v) is 7.66. The van der Waals surface area contributed by atoms with Crippen molar-refractivity contribution in [1.29, 1.82) is 0 Å². The van der Waals surface area contributed by atoms with Gasteiger partial charge in [0.05, 0.1) is 0 Å². The lowest BCUT2D eigenvalue weighted by molar-refractivity contribution is -0.135. The fourth-order valence-electron chi connectivity index (χ4n) is 3.30. The Morgan fingerprint density at radius 3 is 2.38 bits per heavy atom. The van der Waals surface area contributed by atoms with Crippen LogP contribution in [0.4, 0.5) is 13.2 Å². The minimum absolute atomic E-state index is 0.0703. The second-order valence-electron chi connectivity index (χ2n) is 6.69. The Kier molecular flexibility index (Phi) is 7.22. The summed E-state index contributed by atoms with van der Waals surface area (Å²) >= 11 is 0. The van der Waals surface area contributed by atoms with Gasteiger partial charge in [-0.25, -0.2) is 0 Å². The molecule has 0 aromatic heterocycles. The summed E-state index contributed by atoms with van der Waals surface area (Å²) in [5.41, 5.74) is -1.30. The summed E-state index contributed by atoms with van der Waals surface area (Å²) in [5.74, 6) is 0.109. The third-order valence-corrected chi connectivity index (χ3v) is 5.58. The molecule has 148 valence electrons. The molecule has 0 radical (unpaired) electrons. The fraction of sp³-hybridized carbons (Fsp3) is 0.812. The van der Waals surface area contributed by atoms with Crippen LogP contribution in [0, 0.1) is 0 Å². The van der Waals surface area contributed by atoms with E-state index in [0.29, 0.717) is 31.6 Å². The Labute approximate surface area is 152 Å². The van der Waals surface area contributed by atoms with Crippen molar-refractivity contribution in [2.75, 3.05) is 13.1 Å². The fourth-order valence-corrected chi connectivity index (χ4v) is 4.04. The van der Waals surface area contributed by atoms with E-state index in [1.807, 2.05) is 0 Å². The van der Waals surface area contributed by atoms with Crippen molar-refractivity contribution in [1.82, 2.24) is 10.6 Å². The van der Waals surface area contributed by atoms with E-state index in [1.165, 1.54) is 0 Å². The third kappa shape index (κ3) is 5.54. The number of aliphatic imine (C=N–C) groups is 1. The van der Waals surface area contributed by atoms with Gasteiger partial charge in [-0.3, -0.25) is 9.79 Å². The average Bonchev–Trinajstić information content (AvgIpc) is 2.85. The molecule has 2 aliphatic heterocycles. The largest absolute Gasteiger partial charge is 0.389 e. The van der Waals surface area contributed by atoms with E-state index in [2.05, 4.69) is 15.6 Å². The van der Waals surface area contributed by atoms with Gasteiger partial charge in [-0.2, -0.15) is 21.6 Å². The third-order valence-electron chi connectivity index (χ3n) is 4.69. The first-order valence-electron chi connectivity index (χ1n) is 8.88. The Hall–Kier alpha value is -1.42. The predicted octanol–water partition coefficient (Wildman–Crippen LogP) is 1.98. The topological polar surface area (TPSA) is 87.6 Å². The van der Waals surface area contributed by atoms with Crippen molar-refractivity contribution in [2.24, 2.45) is 4.99 Å². The summed E-state index contributed by atoms with van der Waals surface area (Å²) in [6.45, 7) is 0.640. The van der Waals surface area contributed by atoms with Gasteiger partial charge in [0.1, 0.15) is 10.7 Å². The van der Waals surface area contributed by atoms with Crippen molar-refractivity contribution in [3.8, 4) is 0 Å². The van der Waals surface area contributed by atoms with Crippen LogP contribution < -0.4 is 10.6 Å². The van der Waals surface area contributed by atoms with E-state index in [4.69, 9.17) is 0 Å². The van der Waals surface area contributed by atoms with Crippen molar-refractivity contribution in [3.63, 3.8) is 0 Å². The van der Waals surface area contributed by atoms with Crippen molar-refractivity contribution >= 4 is 26.9 Å². The van der Waals surface area contributed by atoms with Gasteiger partial charge in [0.25, 0.3) is 5.91 Å². The van der Waals surface area contributed by atoms with Crippen LogP contribution in [0.3, 0.4) is 0 Å². The summed E-state index contributed by atoms with van der Waals surface area (Å²) < 4.78 is 58.9. The molecule has 2 aliphatic rings. The minimum Gasteiger partial charge on any atom is -0.312 e. The van der Waals surface area contributed by atoms with Crippen molar-refractivity contribution < 1.29 is 26.4 Å².